The number of nitrogens with two attached hydrogens (primary N) is 1. The Morgan fingerprint density at radius 1 is 1.24 bits per heavy atom. The molecule has 0 saturated carbocycles. The summed E-state index contributed by atoms with van der Waals surface area (Å²) in [6.45, 7) is 5.01. The molecular formula is C11H13F3N2O. The van der Waals surface area contributed by atoms with Crippen molar-refractivity contribution in [2.75, 3.05) is 0 Å². The highest BCUT2D eigenvalue weighted by Gasteiger charge is 2.34. The van der Waals surface area contributed by atoms with Gasteiger partial charge in [-0.25, -0.2) is 4.98 Å². The van der Waals surface area contributed by atoms with Crippen LogP contribution in [-0.2, 0) is 11.6 Å². The van der Waals surface area contributed by atoms with E-state index in [0.717, 1.165) is 12.1 Å². The summed E-state index contributed by atoms with van der Waals surface area (Å²) in [4.78, 5) is 14.6. The molecule has 0 aromatic carbocycles. The number of hydrogen-bond donors (Lipinski definition) is 1. The van der Waals surface area contributed by atoms with E-state index in [4.69, 9.17) is 5.73 Å². The largest absolute Gasteiger partial charge is 0.433 e. The Balaban J connectivity index is 3.46. The lowest BCUT2D eigenvalue weighted by atomic mass is 9.88. The predicted octanol–water partition coefficient (Wildman–Crippen LogP) is 2.50. The van der Waals surface area contributed by atoms with E-state index >= 15 is 0 Å². The molecular weight excluding hydrogens is 233 g/mol. The van der Waals surface area contributed by atoms with Gasteiger partial charge in [-0.1, -0.05) is 20.8 Å². The molecule has 0 bridgehead atoms. The number of alkyl halides is 3. The zero-order valence-corrected chi connectivity index (χ0v) is 9.72. The van der Waals surface area contributed by atoms with Gasteiger partial charge in [0.2, 0.25) is 0 Å². The van der Waals surface area contributed by atoms with E-state index in [9.17, 15) is 18.0 Å². The lowest BCUT2D eigenvalue weighted by molar-refractivity contribution is -0.141. The monoisotopic (exact) mass is 246 g/mol. The number of hydrogen-bond acceptors (Lipinski definition) is 2. The molecule has 1 rings (SSSR count). The van der Waals surface area contributed by atoms with Crippen molar-refractivity contribution in [3.05, 3.63) is 29.1 Å². The van der Waals surface area contributed by atoms with Crippen LogP contribution in [0.3, 0.4) is 0 Å². The van der Waals surface area contributed by atoms with E-state index in [1.165, 1.54) is 0 Å². The van der Waals surface area contributed by atoms with E-state index in [0.29, 0.717) is 0 Å². The standard InChI is InChI=1S/C11H13F3N2O/c1-10(2,3)8-6(9(15)17)4-5-7(16-8)11(12,13)14/h4-5H,1-3H3,(H2,15,17). The Bertz CT molecular complexity index is 447. The molecule has 1 heterocycles. The molecule has 0 aliphatic carbocycles. The summed E-state index contributed by atoms with van der Waals surface area (Å²) in [7, 11) is 0. The first-order chi connectivity index (χ1) is 7.53. The summed E-state index contributed by atoms with van der Waals surface area (Å²) >= 11 is 0. The fraction of sp³-hybridized carbons (Fsp3) is 0.455. The van der Waals surface area contributed by atoms with Gasteiger partial charge in [-0.3, -0.25) is 4.79 Å². The number of aromatic nitrogens is 1. The number of amides is 1. The maximum absolute atomic E-state index is 12.5. The van der Waals surface area contributed by atoms with Crippen molar-refractivity contribution in [1.29, 1.82) is 0 Å². The van der Waals surface area contributed by atoms with Crippen LogP contribution in [0.2, 0.25) is 0 Å². The number of carbonyl (C=O) groups excluding carboxylic acids is 1. The minimum absolute atomic E-state index is 0.0190. The Labute approximate surface area is 96.8 Å². The number of carbonyl (C=O) groups is 1. The van der Waals surface area contributed by atoms with Gasteiger partial charge < -0.3 is 5.73 Å². The second-order valence-electron chi connectivity index (χ2n) is 4.70. The van der Waals surface area contributed by atoms with Crippen molar-refractivity contribution in [1.82, 2.24) is 4.98 Å². The number of primary amides is 1. The summed E-state index contributed by atoms with van der Waals surface area (Å²) in [6, 6.07) is 1.83. The van der Waals surface area contributed by atoms with Crippen molar-refractivity contribution in [3.63, 3.8) is 0 Å². The zero-order chi connectivity index (χ0) is 13.4. The lowest BCUT2D eigenvalue weighted by Crippen LogP contribution is -2.24. The molecule has 1 aromatic rings. The van der Waals surface area contributed by atoms with Gasteiger partial charge in [0.1, 0.15) is 5.69 Å². The Hall–Kier alpha value is -1.59. The quantitative estimate of drug-likeness (QED) is 0.827. The first kappa shape index (κ1) is 13.5. The van der Waals surface area contributed by atoms with Crippen LogP contribution in [0.4, 0.5) is 13.2 Å². The summed E-state index contributed by atoms with van der Waals surface area (Å²) in [5.41, 5.74) is 3.47. The van der Waals surface area contributed by atoms with Gasteiger partial charge >= 0.3 is 6.18 Å². The minimum atomic E-state index is -4.53. The molecule has 3 nitrogen and oxygen atoms in total. The summed E-state index contributed by atoms with van der Waals surface area (Å²) in [5, 5.41) is 0. The van der Waals surface area contributed by atoms with Gasteiger partial charge in [0.15, 0.2) is 0 Å². The molecule has 2 N–H and O–H groups in total. The Kier molecular flexibility index (Phi) is 3.18. The molecule has 0 unspecified atom stereocenters. The third-order valence-electron chi connectivity index (χ3n) is 2.16. The van der Waals surface area contributed by atoms with Crippen molar-refractivity contribution < 1.29 is 18.0 Å². The van der Waals surface area contributed by atoms with Crippen LogP contribution in [0.15, 0.2) is 12.1 Å². The van der Waals surface area contributed by atoms with E-state index in [1.54, 1.807) is 20.8 Å². The molecule has 0 aliphatic heterocycles. The highest BCUT2D eigenvalue weighted by atomic mass is 19.4. The molecule has 0 atom stereocenters. The molecule has 6 heteroatoms. The maximum Gasteiger partial charge on any atom is 0.433 e. The van der Waals surface area contributed by atoms with Gasteiger partial charge in [-0.15, -0.1) is 0 Å². The molecule has 17 heavy (non-hydrogen) atoms. The molecule has 1 amide bonds. The Morgan fingerprint density at radius 2 is 1.76 bits per heavy atom. The van der Waals surface area contributed by atoms with E-state index in [2.05, 4.69) is 4.98 Å². The van der Waals surface area contributed by atoms with Crippen LogP contribution in [0, 0.1) is 0 Å². The molecule has 0 radical (unpaired) electrons. The molecule has 0 saturated heterocycles. The van der Waals surface area contributed by atoms with Gasteiger partial charge in [0.25, 0.3) is 5.91 Å². The highest BCUT2D eigenvalue weighted by Crippen LogP contribution is 2.31. The molecule has 0 fully saturated rings. The third-order valence-corrected chi connectivity index (χ3v) is 2.16. The fourth-order valence-corrected chi connectivity index (χ4v) is 1.39. The van der Waals surface area contributed by atoms with Crippen molar-refractivity contribution in [3.8, 4) is 0 Å². The van der Waals surface area contributed by atoms with Crippen LogP contribution < -0.4 is 5.73 Å². The molecule has 94 valence electrons. The summed E-state index contributed by atoms with van der Waals surface area (Å²) < 4.78 is 37.5. The van der Waals surface area contributed by atoms with E-state index in [-0.39, 0.29) is 11.3 Å². The van der Waals surface area contributed by atoms with Crippen molar-refractivity contribution in [2.45, 2.75) is 32.4 Å². The van der Waals surface area contributed by atoms with E-state index in [1.807, 2.05) is 0 Å². The Morgan fingerprint density at radius 3 is 2.12 bits per heavy atom. The van der Waals surface area contributed by atoms with Crippen molar-refractivity contribution in [2.24, 2.45) is 5.73 Å². The average Bonchev–Trinajstić information content (AvgIpc) is 2.14. The highest BCUT2D eigenvalue weighted by molar-refractivity contribution is 5.94. The minimum Gasteiger partial charge on any atom is -0.366 e. The van der Waals surface area contributed by atoms with Crippen LogP contribution in [0.1, 0.15) is 42.5 Å². The number of pyridine rings is 1. The first-order valence-electron chi connectivity index (χ1n) is 4.92. The van der Waals surface area contributed by atoms with Gasteiger partial charge in [-0.2, -0.15) is 13.2 Å². The predicted molar refractivity (Wildman–Crippen MR) is 56.5 cm³/mol. The van der Waals surface area contributed by atoms with Crippen LogP contribution in [0.5, 0.6) is 0 Å². The number of rotatable bonds is 1. The van der Waals surface area contributed by atoms with Crippen LogP contribution in [-0.4, -0.2) is 10.9 Å². The van der Waals surface area contributed by atoms with Gasteiger partial charge in [0, 0.05) is 5.41 Å². The average molecular weight is 246 g/mol. The molecule has 0 spiro atoms. The van der Waals surface area contributed by atoms with Crippen molar-refractivity contribution >= 4 is 5.91 Å². The first-order valence-corrected chi connectivity index (χ1v) is 4.92. The molecule has 1 aromatic heterocycles. The zero-order valence-electron chi connectivity index (χ0n) is 9.72. The number of halogens is 3. The molecule has 0 aliphatic rings. The summed E-state index contributed by atoms with van der Waals surface area (Å²) in [5.74, 6) is -0.781. The van der Waals surface area contributed by atoms with Gasteiger partial charge in [0.05, 0.1) is 11.3 Å². The smallest absolute Gasteiger partial charge is 0.366 e. The topological polar surface area (TPSA) is 56.0 Å². The second-order valence-corrected chi connectivity index (χ2v) is 4.70. The normalized spacial score (nSPS) is 12.6. The van der Waals surface area contributed by atoms with Crippen LogP contribution in [0.25, 0.3) is 0 Å². The number of nitrogens with zero attached hydrogens (tertiary/aromatic N) is 1. The summed E-state index contributed by atoms with van der Waals surface area (Å²) in [6.07, 6.45) is -4.53. The fourth-order valence-electron chi connectivity index (χ4n) is 1.39. The second kappa shape index (κ2) is 4.01. The SMILES string of the molecule is CC(C)(C)c1nc(C(F)(F)F)ccc1C(N)=O. The van der Waals surface area contributed by atoms with Gasteiger partial charge in [-0.05, 0) is 12.1 Å². The van der Waals surface area contributed by atoms with E-state index < -0.39 is 23.2 Å². The maximum atomic E-state index is 12.5. The third kappa shape index (κ3) is 2.95. The lowest BCUT2D eigenvalue weighted by Gasteiger charge is -2.21. The van der Waals surface area contributed by atoms with Crippen LogP contribution >= 0.6 is 0 Å².